The first-order valence-corrected chi connectivity index (χ1v) is 13.2. The highest BCUT2D eigenvalue weighted by Crippen LogP contribution is 2.58. The molecule has 0 radical (unpaired) electrons. The smallest absolute Gasteiger partial charge is 0.250 e. The Morgan fingerprint density at radius 2 is 2.00 bits per heavy atom. The molecule has 1 aromatic rings. The summed E-state index contributed by atoms with van der Waals surface area (Å²) in [5.74, 6) is -1.93. The quantitative estimate of drug-likeness (QED) is 0.401. The second kappa shape index (κ2) is 10.8. The average molecular weight is 506 g/mol. The van der Waals surface area contributed by atoms with Gasteiger partial charge in [-0.2, -0.15) is 0 Å². The number of carbonyl (C=O) groups is 3. The molecule has 0 saturated carbocycles. The van der Waals surface area contributed by atoms with E-state index >= 15 is 0 Å². The van der Waals surface area contributed by atoms with Gasteiger partial charge < -0.3 is 25.4 Å². The largest absolute Gasteiger partial charge is 0.396 e. The zero-order valence-electron chi connectivity index (χ0n) is 20.5. The number of nitrogens with one attached hydrogen (secondary N) is 2. The molecule has 3 saturated heterocycles. The topological polar surface area (TPSA) is 108 Å². The number of unbranched alkanes of at least 4 members (excludes halogenated alkanes) is 3. The molecular formula is C26H36ClN3O5. The Hall–Kier alpha value is -2.16. The van der Waals surface area contributed by atoms with Gasteiger partial charge in [-0.05, 0) is 50.7 Å². The minimum atomic E-state index is -1.01. The van der Waals surface area contributed by atoms with Gasteiger partial charge in [-0.3, -0.25) is 14.4 Å². The molecular weight excluding hydrogens is 470 g/mol. The normalized spacial score (nSPS) is 28.9. The predicted octanol–water partition coefficient (Wildman–Crippen LogP) is 3.04. The highest BCUT2D eigenvalue weighted by molar-refractivity contribution is 6.34. The number of carbonyl (C=O) groups excluding carboxylic acids is 3. The third-order valence-electron chi connectivity index (χ3n) is 7.68. The molecule has 0 aliphatic carbocycles. The summed E-state index contributed by atoms with van der Waals surface area (Å²) in [6, 6.07) is 4.58. The summed E-state index contributed by atoms with van der Waals surface area (Å²) < 4.78 is 6.42. The Morgan fingerprint density at radius 3 is 2.71 bits per heavy atom. The molecule has 4 rings (SSSR count). The number of likely N-dealkylation sites (tertiary alicyclic amines) is 1. The molecule has 35 heavy (non-hydrogen) atoms. The summed E-state index contributed by atoms with van der Waals surface area (Å²) in [6.07, 6.45) is 4.76. The first kappa shape index (κ1) is 25.9. The van der Waals surface area contributed by atoms with E-state index in [1.807, 2.05) is 26.0 Å². The van der Waals surface area contributed by atoms with Crippen LogP contribution in [0.25, 0.3) is 0 Å². The van der Waals surface area contributed by atoms with Gasteiger partial charge in [0.2, 0.25) is 17.7 Å². The monoisotopic (exact) mass is 505 g/mol. The SMILES string of the molecule is CCCNC(=O)[C@@H]1[C@H]2C(=O)N(CCCCCCO)C(C(=O)Nc3c(C)cccc3Cl)C23CC[C@H]1O3. The summed E-state index contributed by atoms with van der Waals surface area (Å²) in [7, 11) is 0. The average Bonchev–Trinajstić information content (AvgIpc) is 3.47. The maximum atomic E-state index is 13.8. The fraction of sp³-hybridized carbons (Fsp3) is 0.654. The van der Waals surface area contributed by atoms with Gasteiger partial charge in [-0.1, -0.05) is 43.5 Å². The lowest BCUT2D eigenvalue weighted by Crippen LogP contribution is -2.53. The molecule has 2 unspecified atom stereocenters. The number of anilines is 1. The number of hydrogen-bond acceptors (Lipinski definition) is 5. The maximum Gasteiger partial charge on any atom is 0.250 e. The number of benzene rings is 1. The summed E-state index contributed by atoms with van der Waals surface area (Å²) in [6.45, 7) is 4.93. The number of amides is 3. The summed E-state index contributed by atoms with van der Waals surface area (Å²) in [4.78, 5) is 42.3. The number of aryl methyl sites for hydroxylation is 1. The van der Waals surface area contributed by atoms with Gasteiger partial charge in [-0.15, -0.1) is 0 Å². The second-order valence-electron chi connectivity index (χ2n) is 9.94. The van der Waals surface area contributed by atoms with Crippen molar-refractivity contribution in [2.75, 3.05) is 25.0 Å². The van der Waals surface area contributed by atoms with Crippen LogP contribution in [-0.2, 0) is 19.1 Å². The van der Waals surface area contributed by atoms with Crippen LogP contribution in [0.5, 0.6) is 0 Å². The number of rotatable bonds is 11. The number of para-hydroxylation sites is 1. The van der Waals surface area contributed by atoms with E-state index in [9.17, 15) is 14.4 Å². The summed E-state index contributed by atoms with van der Waals surface area (Å²) >= 11 is 6.38. The highest BCUT2D eigenvalue weighted by Gasteiger charge is 2.74. The summed E-state index contributed by atoms with van der Waals surface area (Å²) in [5.41, 5.74) is 0.340. The van der Waals surface area contributed by atoms with Gasteiger partial charge in [0.15, 0.2) is 0 Å². The van der Waals surface area contributed by atoms with Crippen molar-refractivity contribution in [3.8, 4) is 0 Å². The number of aliphatic hydroxyl groups excluding tert-OH is 1. The number of halogens is 1. The Labute approximate surface area is 211 Å². The van der Waals surface area contributed by atoms with Crippen LogP contribution in [0.1, 0.15) is 57.4 Å². The predicted molar refractivity (Wildman–Crippen MR) is 133 cm³/mol. The number of ether oxygens (including phenoxy) is 1. The number of aliphatic hydroxyl groups is 1. The van der Waals surface area contributed by atoms with Gasteiger partial charge in [0, 0.05) is 19.7 Å². The number of hydrogen-bond donors (Lipinski definition) is 3. The van der Waals surface area contributed by atoms with Crippen molar-refractivity contribution in [3.63, 3.8) is 0 Å². The van der Waals surface area contributed by atoms with Crippen molar-refractivity contribution in [1.82, 2.24) is 10.2 Å². The molecule has 1 aromatic carbocycles. The molecule has 3 aliphatic heterocycles. The Bertz CT molecular complexity index is 952. The van der Waals surface area contributed by atoms with E-state index in [1.54, 1.807) is 11.0 Å². The molecule has 3 N–H and O–H groups in total. The van der Waals surface area contributed by atoms with E-state index in [-0.39, 0.29) is 30.4 Å². The van der Waals surface area contributed by atoms with E-state index in [4.69, 9.17) is 21.4 Å². The van der Waals surface area contributed by atoms with Crippen LogP contribution in [0.2, 0.25) is 5.02 Å². The molecule has 3 heterocycles. The van der Waals surface area contributed by atoms with E-state index in [0.29, 0.717) is 49.5 Å². The van der Waals surface area contributed by atoms with Crippen molar-refractivity contribution in [2.45, 2.75) is 76.5 Å². The molecule has 1 spiro atoms. The van der Waals surface area contributed by atoms with E-state index in [2.05, 4.69) is 10.6 Å². The van der Waals surface area contributed by atoms with Crippen LogP contribution >= 0.6 is 11.6 Å². The van der Waals surface area contributed by atoms with Gasteiger partial charge in [0.05, 0.1) is 28.6 Å². The highest BCUT2D eigenvalue weighted by atomic mass is 35.5. The van der Waals surface area contributed by atoms with Gasteiger partial charge in [0.25, 0.3) is 0 Å². The standard InChI is InChI=1S/C26H36ClN3O5/c1-3-13-28-23(32)19-18-11-12-26(35-18)20(19)25(34)30(14-6-4-5-7-15-31)22(26)24(33)29-21-16(2)9-8-10-17(21)27/h8-10,18-20,22,31H,3-7,11-15H2,1-2H3,(H,28,32)(H,29,33)/t18-,19+,20+,22?,26?/m1/s1. The molecule has 192 valence electrons. The molecule has 5 atom stereocenters. The molecule has 3 amide bonds. The molecule has 8 nitrogen and oxygen atoms in total. The number of fused-ring (bicyclic) bond motifs is 1. The van der Waals surface area contributed by atoms with E-state index in [0.717, 1.165) is 24.8 Å². The van der Waals surface area contributed by atoms with Crippen molar-refractivity contribution in [2.24, 2.45) is 11.8 Å². The Morgan fingerprint density at radius 1 is 1.23 bits per heavy atom. The lowest BCUT2D eigenvalue weighted by Gasteiger charge is -2.33. The minimum Gasteiger partial charge on any atom is -0.396 e. The van der Waals surface area contributed by atoms with Crippen molar-refractivity contribution in [1.29, 1.82) is 0 Å². The number of nitrogens with zero attached hydrogens (tertiary/aromatic N) is 1. The maximum absolute atomic E-state index is 13.8. The van der Waals surface area contributed by atoms with E-state index < -0.39 is 23.5 Å². The van der Waals surface area contributed by atoms with Crippen LogP contribution in [0.3, 0.4) is 0 Å². The van der Waals surface area contributed by atoms with Crippen molar-refractivity contribution >= 4 is 35.0 Å². The fourth-order valence-corrected chi connectivity index (χ4v) is 6.36. The minimum absolute atomic E-state index is 0.139. The van der Waals surface area contributed by atoms with Gasteiger partial charge in [0.1, 0.15) is 11.6 Å². The van der Waals surface area contributed by atoms with Crippen molar-refractivity contribution < 1.29 is 24.2 Å². The second-order valence-corrected chi connectivity index (χ2v) is 10.3. The molecule has 3 aliphatic rings. The van der Waals surface area contributed by atoms with Crippen LogP contribution < -0.4 is 10.6 Å². The Balaban J connectivity index is 1.63. The van der Waals surface area contributed by atoms with Crippen molar-refractivity contribution in [3.05, 3.63) is 28.8 Å². The molecule has 2 bridgehead atoms. The molecule has 0 aromatic heterocycles. The Kier molecular flexibility index (Phi) is 8.03. The van der Waals surface area contributed by atoms with E-state index in [1.165, 1.54) is 0 Å². The zero-order chi connectivity index (χ0) is 25.2. The first-order chi connectivity index (χ1) is 16.9. The zero-order valence-corrected chi connectivity index (χ0v) is 21.3. The van der Waals surface area contributed by atoms with Gasteiger partial charge in [-0.25, -0.2) is 0 Å². The van der Waals surface area contributed by atoms with Crippen LogP contribution in [0.15, 0.2) is 18.2 Å². The lowest BCUT2D eigenvalue weighted by molar-refractivity contribution is -0.140. The van der Waals surface area contributed by atoms with Crippen LogP contribution in [-0.4, -0.2) is 65.2 Å². The lowest BCUT2D eigenvalue weighted by atomic mass is 9.70. The van der Waals surface area contributed by atoms with Crippen LogP contribution in [0.4, 0.5) is 5.69 Å². The molecule has 3 fully saturated rings. The third kappa shape index (κ3) is 4.68. The summed E-state index contributed by atoms with van der Waals surface area (Å²) in [5, 5.41) is 15.4. The molecule has 9 heteroatoms. The fourth-order valence-electron chi connectivity index (χ4n) is 6.09. The van der Waals surface area contributed by atoms with Gasteiger partial charge >= 0.3 is 0 Å². The first-order valence-electron chi connectivity index (χ1n) is 12.8. The third-order valence-corrected chi connectivity index (χ3v) is 7.99. The van der Waals surface area contributed by atoms with Crippen LogP contribution in [0, 0.1) is 18.8 Å².